The van der Waals surface area contributed by atoms with E-state index >= 15 is 0 Å². The average Bonchev–Trinajstić information content (AvgIpc) is 3.00. The van der Waals surface area contributed by atoms with Gasteiger partial charge in [-0.25, -0.2) is 12.8 Å². The fourth-order valence-corrected chi connectivity index (χ4v) is 5.07. The van der Waals surface area contributed by atoms with Crippen molar-refractivity contribution in [1.82, 2.24) is 9.21 Å². The molecule has 23 heavy (non-hydrogen) atoms. The molecule has 0 spiro atoms. The van der Waals surface area contributed by atoms with Gasteiger partial charge in [-0.05, 0) is 37.0 Å². The minimum atomic E-state index is -3.62. The van der Waals surface area contributed by atoms with Crippen LogP contribution < -0.4 is 0 Å². The van der Waals surface area contributed by atoms with E-state index in [1.807, 2.05) is 0 Å². The Morgan fingerprint density at radius 2 is 2.00 bits per heavy atom. The lowest BCUT2D eigenvalue weighted by molar-refractivity contribution is 0.0316. The maximum atomic E-state index is 13.4. The van der Waals surface area contributed by atoms with E-state index in [2.05, 4.69) is 4.90 Å². The molecule has 0 saturated carbocycles. The van der Waals surface area contributed by atoms with Gasteiger partial charge < -0.3 is 4.74 Å². The molecule has 0 aliphatic carbocycles. The normalized spacial score (nSPS) is 24.2. The smallest absolute Gasteiger partial charge is 0.243 e. The zero-order valence-electron chi connectivity index (χ0n) is 13.4. The van der Waals surface area contributed by atoms with Crippen molar-refractivity contribution in [3.8, 4) is 0 Å². The SMILES string of the molecule is Cc1ccc(F)cc1S(=O)(=O)N1CC[C@H](CN2CCOCC2)C1. The van der Waals surface area contributed by atoms with E-state index in [9.17, 15) is 12.8 Å². The highest BCUT2D eigenvalue weighted by Crippen LogP contribution is 2.27. The van der Waals surface area contributed by atoms with Gasteiger partial charge in [0.05, 0.1) is 18.1 Å². The molecule has 0 unspecified atom stereocenters. The molecule has 0 radical (unpaired) electrons. The molecule has 2 fully saturated rings. The summed E-state index contributed by atoms with van der Waals surface area (Å²) in [6, 6.07) is 3.93. The minimum absolute atomic E-state index is 0.0875. The number of aryl methyl sites for hydroxylation is 1. The van der Waals surface area contributed by atoms with E-state index in [4.69, 9.17) is 4.74 Å². The highest BCUT2D eigenvalue weighted by molar-refractivity contribution is 7.89. The Morgan fingerprint density at radius 1 is 1.26 bits per heavy atom. The predicted molar refractivity (Wildman–Crippen MR) is 85.3 cm³/mol. The number of rotatable bonds is 4. The zero-order valence-corrected chi connectivity index (χ0v) is 14.2. The van der Waals surface area contributed by atoms with E-state index in [0.29, 0.717) is 24.6 Å². The molecule has 0 amide bonds. The van der Waals surface area contributed by atoms with Crippen LogP contribution in [-0.2, 0) is 14.8 Å². The van der Waals surface area contributed by atoms with Crippen LogP contribution in [0.3, 0.4) is 0 Å². The summed E-state index contributed by atoms with van der Waals surface area (Å²) in [4.78, 5) is 2.42. The molecule has 1 atom stereocenters. The molecule has 128 valence electrons. The van der Waals surface area contributed by atoms with Crippen LogP contribution in [0.2, 0.25) is 0 Å². The Morgan fingerprint density at radius 3 is 2.74 bits per heavy atom. The first-order chi connectivity index (χ1) is 11.0. The first kappa shape index (κ1) is 16.8. The van der Waals surface area contributed by atoms with Gasteiger partial charge in [0.25, 0.3) is 0 Å². The van der Waals surface area contributed by atoms with E-state index in [1.54, 1.807) is 6.92 Å². The van der Waals surface area contributed by atoms with Gasteiger partial charge in [-0.3, -0.25) is 4.90 Å². The molecular formula is C16H23FN2O3S. The third-order valence-electron chi connectivity index (χ3n) is 4.64. The van der Waals surface area contributed by atoms with Crippen LogP contribution >= 0.6 is 0 Å². The van der Waals surface area contributed by atoms with Gasteiger partial charge >= 0.3 is 0 Å². The van der Waals surface area contributed by atoms with Crippen LogP contribution in [0.25, 0.3) is 0 Å². The largest absolute Gasteiger partial charge is 0.379 e. The van der Waals surface area contributed by atoms with Crippen molar-refractivity contribution in [3.05, 3.63) is 29.6 Å². The molecule has 1 aromatic carbocycles. The van der Waals surface area contributed by atoms with E-state index in [1.165, 1.54) is 16.4 Å². The third-order valence-corrected chi connectivity index (χ3v) is 6.64. The highest BCUT2D eigenvalue weighted by Gasteiger charge is 2.34. The number of nitrogens with zero attached hydrogens (tertiary/aromatic N) is 2. The molecule has 2 aliphatic rings. The molecular weight excluding hydrogens is 319 g/mol. The van der Waals surface area contributed by atoms with Crippen molar-refractivity contribution in [1.29, 1.82) is 0 Å². The Kier molecular flexibility index (Phi) is 5.01. The Labute approximate surface area is 137 Å². The number of hydrogen-bond donors (Lipinski definition) is 0. The first-order valence-electron chi connectivity index (χ1n) is 8.03. The molecule has 0 aromatic heterocycles. The van der Waals surface area contributed by atoms with Crippen LogP contribution in [0, 0.1) is 18.7 Å². The summed E-state index contributed by atoms with van der Waals surface area (Å²) >= 11 is 0. The van der Waals surface area contributed by atoms with Crippen molar-refractivity contribution in [3.63, 3.8) is 0 Å². The second kappa shape index (κ2) is 6.84. The summed E-state index contributed by atoms with van der Waals surface area (Å²) in [6.45, 7) is 6.93. The average molecular weight is 342 g/mol. The number of hydrogen-bond acceptors (Lipinski definition) is 4. The Bertz CT molecular complexity index is 659. The van der Waals surface area contributed by atoms with Gasteiger partial charge in [0.15, 0.2) is 0 Å². The summed E-state index contributed by atoms with van der Waals surface area (Å²) in [5, 5.41) is 0. The fraction of sp³-hybridized carbons (Fsp3) is 0.625. The van der Waals surface area contributed by atoms with Gasteiger partial charge in [0, 0.05) is 32.7 Å². The van der Waals surface area contributed by atoms with Crippen molar-refractivity contribution in [2.45, 2.75) is 18.2 Å². The molecule has 5 nitrogen and oxygen atoms in total. The summed E-state index contributed by atoms with van der Waals surface area (Å²) in [5.74, 6) is -0.185. The number of halogens is 1. The third kappa shape index (κ3) is 3.74. The molecule has 1 aromatic rings. The van der Waals surface area contributed by atoms with Crippen LogP contribution in [0.1, 0.15) is 12.0 Å². The minimum Gasteiger partial charge on any atom is -0.379 e. The van der Waals surface area contributed by atoms with Gasteiger partial charge in [-0.2, -0.15) is 4.31 Å². The molecule has 7 heteroatoms. The van der Waals surface area contributed by atoms with Crippen LogP contribution in [-0.4, -0.2) is 63.6 Å². The zero-order chi connectivity index (χ0) is 16.4. The summed E-state index contributed by atoms with van der Waals surface area (Å²) in [6.07, 6.45) is 0.852. The Balaban J connectivity index is 1.68. The maximum Gasteiger partial charge on any atom is 0.243 e. The number of sulfonamides is 1. The van der Waals surface area contributed by atoms with Crippen molar-refractivity contribution in [2.75, 3.05) is 45.9 Å². The Hall–Kier alpha value is -1.02. The molecule has 2 heterocycles. The summed E-state index contributed by atoms with van der Waals surface area (Å²) in [5.41, 5.74) is 0.586. The van der Waals surface area contributed by atoms with Crippen LogP contribution in [0.15, 0.2) is 23.1 Å². The number of ether oxygens (including phenoxy) is 1. The topological polar surface area (TPSA) is 49.9 Å². The van der Waals surface area contributed by atoms with Gasteiger partial charge in [0.2, 0.25) is 10.0 Å². The molecule has 0 bridgehead atoms. The summed E-state index contributed by atoms with van der Waals surface area (Å²) in [7, 11) is -3.62. The molecule has 3 rings (SSSR count). The van der Waals surface area contributed by atoms with Crippen molar-refractivity contribution >= 4 is 10.0 Å². The van der Waals surface area contributed by atoms with E-state index in [0.717, 1.165) is 45.3 Å². The van der Waals surface area contributed by atoms with Crippen LogP contribution in [0.4, 0.5) is 4.39 Å². The predicted octanol–water partition coefficient (Wildman–Crippen LogP) is 1.48. The van der Waals surface area contributed by atoms with Gasteiger partial charge in [-0.1, -0.05) is 6.07 Å². The van der Waals surface area contributed by atoms with Gasteiger partial charge in [-0.15, -0.1) is 0 Å². The van der Waals surface area contributed by atoms with Crippen molar-refractivity contribution < 1.29 is 17.5 Å². The molecule has 2 aliphatic heterocycles. The second-order valence-electron chi connectivity index (χ2n) is 6.34. The highest BCUT2D eigenvalue weighted by atomic mass is 32.2. The summed E-state index contributed by atoms with van der Waals surface area (Å²) < 4.78 is 45.8. The second-order valence-corrected chi connectivity index (χ2v) is 8.25. The monoisotopic (exact) mass is 342 g/mol. The number of benzene rings is 1. The lowest BCUT2D eigenvalue weighted by atomic mass is 10.1. The number of morpholine rings is 1. The van der Waals surface area contributed by atoms with E-state index < -0.39 is 15.8 Å². The van der Waals surface area contributed by atoms with Crippen molar-refractivity contribution in [2.24, 2.45) is 5.92 Å². The lowest BCUT2D eigenvalue weighted by Gasteiger charge is -2.29. The van der Waals surface area contributed by atoms with Gasteiger partial charge in [0.1, 0.15) is 5.82 Å². The molecule has 2 saturated heterocycles. The standard InChI is InChI=1S/C16H23FN2O3S/c1-13-2-3-15(17)10-16(13)23(20,21)19-5-4-14(12-19)11-18-6-8-22-9-7-18/h2-3,10,14H,4-9,11-12H2,1H3/t14-/m1/s1. The molecule has 0 N–H and O–H groups in total. The fourth-order valence-electron chi connectivity index (χ4n) is 3.30. The first-order valence-corrected chi connectivity index (χ1v) is 9.47. The quantitative estimate of drug-likeness (QED) is 0.832. The van der Waals surface area contributed by atoms with E-state index in [-0.39, 0.29) is 4.90 Å². The maximum absolute atomic E-state index is 13.4. The lowest BCUT2D eigenvalue weighted by Crippen LogP contribution is -2.40. The van der Waals surface area contributed by atoms with Crippen LogP contribution in [0.5, 0.6) is 0 Å².